The SMILES string of the molecule is CC(Cc1ccc(Br)cc1)NC(C)c1ccc(O)cc1F. The molecule has 0 saturated heterocycles. The molecule has 0 radical (unpaired) electrons. The monoisotopic (exact) mass is 351 g/mol. The number of benzene rings is 2. The lowest BCUT2D eigenvalue weighted by Gasteiger charge is -2.21. The van der Waals surface area contributed by atoms with Crippen LogP contribution in [0.25, 0.3) is 0 Å². The van der Waals surface area contributed by atoms with E-state index in [0.717, 1.165) is 17.0 Å². The number of phenols is 1. The number of hydrogen-bond acceptors (Lipinski definition) is 2. The van der Waals surface area contributed by atoms with Gasteiger partial charge in [-0.05, 0) is 44.0 Å². The molecule has 0 amide bonds. The third-order valence-electron chi connectivity index (χ3n) is 3.44. The Kier molecular flexibility index (Phi) is 5.37. The van der Waals surface area contributed by atoms with Crippen LogP contribution in [0.4, 0.5) is 4.39 Å². The van der Waals surface area contributed by atoms with E-state index in [2.05, 4.69) is 40.3 Å². The molecule has 2 atom stereocenters. The summed E-state index contributed by atoms with van der Waals surface area (Å²) in [5.41, 5.74) is 1.80. The molecule has 112 valence electrons. The van der Waals surface area contributed by atoms with Crippen molar-refractivity contribution in [1.82, 2.24) is 5.32 Å². The fraction of sp³-hybridized carbons (Fsp3) is 0.294. The highest BCUT2D eigenvalue weighted by atomic mass is 79.9. The quantitative estimate of drug-likeness (QED) is 0.826. The molecular formula is C17H19BrFNO. The molecule has 0 aliphatic heterocycles. The van der Waals surface area contributed by atoms with Gasteiger partial charge in [-0.3, -0.25) is 0 Å². The summed E-state index contributed by atoms with van der Waals surface area (Å²) in [6, 6.07) is 12.6. The van der Waals surface area contributed by atoms with Crippen LogP contribution in [0.1, 0.15) is 31.0 Å². The van der Waals surface area contributed by atoms with Crippen molar-refractivity contribution in [3.8, 4) is 5.75 Å². The highest BCUT2D eigenvalue weighted by Gasteiger charge is 2.14. The van der Waals surface area contributed by atoms with E-state index in [4.69, 9.17) is 0 Å². The summed E-state index contributed by atoms with van der Waals surface area (Å²) >= 11 is 3.42. The number of rotatable bonds is 5. The lowest BCUT2D eigenvalue weighted by molar-refractivity contribution is 0.448. The molecule has 0 aliphatic carbocycles. The number of hydrogen-bond donors (Lipinski definition) is 2. The van der Waals surface area contributed by atoms with E-state index in [-0.39, 0.29) is 23.7 Å². The van der Waals surface area contributed by atoms with Gasteiger partial charge in [0.05, 0.1) is 0 Å². The largest absolute Gasteiger partial charge is 0.508 e. The minimum absolute atomic E-state index is 0.0497. The van der Waals surface area contributed by atoms with Gasteiger partial charge in [-0.2, -0.15) is 0 Å². The van der Waals surface area contributed by atoms with Gasteiger partial charge in [0.25, 0.3) is 0 Å². The predicted octanol–water partition coefficient (Wildman–Crippen LogP) is 4.58. The van der Waals surface area contributed by atoms with Crippen LogP contribution in [0, 0.1) is 5.82 Å². The minimum atomic E-state index is -0.383. The normalized spacial score (nSPS) is 13.9. The van der Waals surface area contributed by atoms with Gasteiger partial charge in [0.15, 0.2) is 0 Å². The van der Waals surface area contributed by atoms with Crippen LogP contribution in [0.5, 0.6) is 5.75 Å². The van der Waals surface area contributed by atoms with Crippen LogP contribution in [0.15, 0.2) is 46.9 Å². The van der Waals surface area contributed by atoms with E-state index in [0.29, 0.717) is 5.56 Å². The summed E-state index contributed by atoms with van der Waals surface area (Å²) in [5.74, 6) is -0.433. The Morgan fingerprint density at radius 3 is 2.43 bits per heavy atom. The highest BCUT2D eigenvalue weighted by molar-refractivity contribution is 9.10. The van der Waals surface area contributed by atoms with Crippen LogP contribution in [-0.2, 0) is 6.42 Å². The van der Waals surface area contributed by atoms with Crippen molar-refractivity contribution in [2.24, 2.45) is 0 Å². The van der Waals surface area contributed by atoms with Crippen molar-refractivity contribution < 1.29 is 9.50 Å². The minimum Gasteiger partial charge on any atom is -0.508 e. The Morgan fingerprint density at radius 2 is 1.81 bits per heavy atom. The first-order chi connectivity index (χ1) is 9.95. The zero-order valence-electron chi connectivity index (χ0n) is 12.1. The zero-order valence-corrected chi connectivity index (χ0v) is 13.7. The smallest absolute Gasteiger partial charge is 0.131 e. The molecule has 2 rings (SSSR count). The average molecular weight is 352 g/mol. The molecule has 2 aromatic rings. The fourth-order valence-corrected chi connectivity index (χ4v) is 2.68. The Morgan fingerprint density at radius 1 is 1.14 bits per heavy atom. The third-order valence-corrected chi connectivity index (χ3v) is 3.97. The second kappa shape index (κ2) is 7.05. The first-order valence-corrected chi connectivity index (χ1v) is 7.74. The molecule has 21 heavy (non-hydrogen) atoms. The van der Waals surface area contributed by atoms with Crippen LogP contribution >= 0.6 is 15.9 Å². The molecule has 0 aromatic heterocycles. The Bertz CT molecular complexity index is 600. The Hall–Kier alpha value is -1.39. The van der Waals surface area contributed by atoms with Gasteiger partial charge < -0.3 is 10.4 Å². The maximum absolute atomic E-state index is 13.8. The van der Waals surface area contributed by atoms with Crippen LogP contribution in [0.2, 0.25) is 0 Å². The first-order valence-electron chi connectivity index (χ1n) is 6.94. The molecule has 0 aliphatic rings. The molecule has 2 N–H and O–H groups in total. The van der Waals surface area contributed by atoms with E-state index in [1.165, 1.54) is 11.6 Å². The highest BCUT2D eigenvalue weighted by Crippen LogP contribution is 2.22. The van der Waals surface area contributed by atoms with E-state index >= 15 is 0 Å². The van der Waals surface area contributed by atoms with Gasteiger partial charge in [-0.1, -0.05) is 34.1 Å². The second-order valence-electron chi connectivity index (χ2n) is 5.33. The number of nitrogens with one attached hydrogen (secondary N) is 1. The molecule has 0 spiro atoms. The summed E-state index contributed by atoms with van der Waals surface area (Å²) in [4.78, 5) is 0. The van der Waals surface area contributed by atoms with Crippen molar-refractivity contribution >= 4 is 15.9 Å². The maximum atomic E-state index is 13.8. The van der Waals surface area contributed by atoms with Gasteiger partial charge >= 0.3 is 0 Å². The van der Waals surface area contributed by atoms with Gasteiger partial charge in [0, 0.05) is 28.2 Å². The topological polar surface area (TPSA) is 32.3 Å². The van der Waals surface area contributed by atoms with E-state index in [1.807, 2.05) is 19.1 Å². The van der Waals surface area contributed by atoms with E-state index < -0.39 is 0 Å². The first kappa shape index (κ1) is 16.0. The standard InChI is InChI=1S/C17H19BrFNO/c1-11(9-13-3-5-14(18)6-4-13)20-12(2)16-8-7-15(21)10-17(16)19/h3-8,10-12,20-21H,9H2,1-2H3. The van der Waals surface area contributed by atoms with E-state index in [1.54, 1.807) is 6.07 Å². The zero-order chi connectivity index (χ0) is 15.4. The third kappa shape index (κ3) is 4.55. The van der Waals surface area contributed by atoms with Crippen molar-refractivity contribution in [3.05, 3.63) is 63.9 Å². The van der Waals surface area contributed by atoms with E-state index in [9.17, 15) is 9.50 Å². The fourth-order valence-electron chi connectivity index (χ4n) is 2.42. The lowest BCUT2D eigenvalue weighted by Crippen LogP contribution is -2.31. The summed E-state index contributed by atoms with van der Waals surface area (Å²) < 4.78 is 14.9. The summed E-state index contributed by atoms with van der Waals surface area (Å²) in [5, 5.41) is 12.6. The summed E-state index contributed by atoms with van der Waals surface area (Å²) in [7, 11) is 0. The molecule has 2 unspecified atom stereocenters. The van der Waals surface area contributed by atoms with Gasteiger partial charge in [-0.25, -0.2) is 4.39 Å². The number of aromatic hydroxyl groups is 1. The Labute approximate surface area is 133 Å². The molecule has 2 nitrogen and oxygen atoms in total. The maximum Gasteiger partial charge on any atom is 0.131 e. The lowest BCUT2D eigenvalue weighted by atomic mass is 10.0. The van der Waals surface area contributed by atoms with Gasteiger partial charge in [-0.15, -0.1) is 0 Å². The summed E-state index contributed by atoms with van der Waals surface area (Å²) in [6.45, 7) is 4.00. The number of phenolic OH excluding ortho intramolecular Hbond substituents is 1. The average Bonchev–Trinajstić information content (AvgIpc) is 2.41. The molecule has 0 heterocycles. The molecular weight excluding hydrogens is 333 g/mol. The van der Waals surface area contributed by atoms with Crippen molar-refractivity contribution in [3.63, 3.8) is 0 Å². The molecule has 0 bridgehead atoms. The Balaban J connectivity index is 1.98. The van der Waals surface area contributed by atoms with Crippen molar-refractivity contribution in [2.75, 3.05) is 0 Å². The van der Waals surface area contributed by atoms with Crippen molar-refractivity contribution in [2.45, 2.75) is 32.4 Å². The van der Waals surface area contributed by atoms with Crippen LogP contribution < -0.4 is 5.32 Å². The predicted molar refractivity (Wildman–Crippen MR) is 86.9 cm³/mol. The molecule has 4 heteroatoms. The van der Waals surface area contributed by atoms with Crippen molar-refractivity contribution in [1.29, 1.82) is 0 Å². The van der Waals surface area contributed by atoms with Gasteiger partial charge in [0.2, 0.25) is 0 Å². The van der Waals surface area contributed by atoms with Crippen LogP contribution in [-0.4, -0.2) is 11.1 Å². The summed E-state index contributed by atoms with van der Waals surface area (Å²) in [6.07, 6.45) is 0.872. The second-order valence-corrected chi connectivity index (χ2v) is 6.24. The number of halogens is 2. The van der Waals surface area contributed by atoms with Gasteiger partial charge in [0.1, 0.15) is 11.6 Å². The molecule has 0 fully saturated rings. The molecule has 0 saturated carbocycles. The van der Waals surface area contributed by atoms with Crippen LogP contribution in [0.3, 0.4) is 0 Å². The molecule has 2 aromatic carbocycles.